The van der Waals surface area contributed by atoms with Gasteiger partial charge in [-0.25, -0.2) is 0 Å². The lowest BCUT2D eigenvalue weighted by Gasteiger charge is -2.14. The molecule has 0 fully saturated rings. The van der Waals surface area contributed by atoms with Gasteiger partial charge < -0.3 is 9.88 Å². The summed E-state index contributed by atoms with van der Waals surface area (Å²) in [7, 11) is 0. The topological polar surface area (TPSA) is 17.0 Å². The summed E-state index contributed by atoms with van der Waals surface area (Å²) in [6.45, 7) is 0. The van der Waals surface area contributed by atoms with Gasteiger partial charge >= 0.3 is 0 Å². The van der Waals surface area contributed by atoms with Crippen molar-refractivity contribution in [2.75, 3.05) is 5.32 Å². The number of para-hydroxylation sites is 2. The Labute approximate surface area is 248 Å². The quantitative estimate of drug-likeness (QED) is 0.204. The Hall–Kier alpha value is -4.86. The second kappa shape index (κ2) is 11.0. The van der Waals surface area contributed by atoms with E-state index in [4.69, 9.17) is 0 Å². The van der Waals surface area contributed by atoms with Crippen LogP contribution >= 0.6 is 15.9 Å². The van der Waals surface area contributed by atoms with Gasteiger partial charge in [-0.1, -0.05) is 113 Å². The Morgan fingerprint density at radius 2 is 1.05 bits per heavy atom. The lowest BCUT2D eigenvalue weighted by Crippen LogP contribution is -1.93. The number of nitrogens with one attached hydrogen (secondary N) is 1. The van der Waals surface area contributed by atoms with Crippen molar-refractivity contribution >= 4 is 38.2 Å². The zero-order chi connectivity index (χ0) is 27.6. The van der Waals surface area contributed by atoms with Gasteiger partial charge in [-0.05, 0) is 82.4 Å². The standard InChI is InChI=1S/C38H27BrN2/c39-31-21-17-27(18-22-31)28-19-23-32(24-20-28)40-37-11-5-4-9-35(37)30-15-13-29(14-16-30)34-10-6-12-38-36(34)25-26-41(38)33-7-2-1-3-8-33/h1-26,40H. The molecule has 1 aromatic heterocycles. The first kappa shape index (κ1) is 25.1. The number of aromatic nitrogens is 1. The fraction of sp³-hybridized carbons (Fsp3) is 0. The van der Waals surface area contributed by atoms with Gasteiger partial charge in [0.1, 0.15) is 0 Å². The van der Waals surface area contributed by atoms with Gasteiger partial charge in [0.2, 0.25) is 0 Å². The molecule has 0 aliphatic rings. The first-order valence-corrected chi connectivity index (χ1v) is 14.5. The van der Waals surface area contributed by atoms with E-state index in [1.807, 2.05) is 0 Å². The maximum Gasteiger partial charge on any atom is 0.0534 e. The van der Waals surface area contributed by atoms with E-state index in [1.54, 1.807) is 0 Å². The Bertz CT molecular complexity index is 1940. The number of hydrogen-bond donors (Lipinski definition) is 1. The molecule has 0 spiro atoms. The van der Waals surface area contributed by atoms with Crippen LogP contribution in [0, 0.1) is 0 Å². The first-order valence-electron chi connectivity index (χ1n) is 13.7. The molecule has 7 rings (SSSR count). The van der Waals surface area contributed by atoms with Crippen molar-refractivity contribution in [2.45, 2.75) is 0 Å². The average molecular weight is 592 g/mol. The number of benzene rings is 6. The third kappa shape index (κ3) is 5.08. The molecule has 0 saturated carbocycles. The van der Waals surface area contributed by atoms with Crippen molar-refractivity contribution in [3.8, 4) is 39.1 Å². The summed E-state index contributed by atoms with van der Waals surface area (Å²) in [5, 5.41) is 4.89. The van der Waals surface area contributed by atoms with Crippen molar-refractivity contribution in [1.29, 1.82) is 0 Å². The van der Waals surface area contributed by atoms with Crippen LogP contribution in [0.15, 0.2) is 162 Å². The lowest BCUT2D eigenvalue weighted by atomic mass is 9.97. The predicted octanol–water partition coefficient (Wildman–Crippen LogP) is 11.1. The molecule has 0 unspecified atom stereocenters. The molecule has 0 aliphatic carbocycles. The number of halogens is 1. The fourth-order valence-electron chi connectivity index (χ4n) is 5.45. The van der Waals surface area contributed by atoms with Crippen LogP contribution in [0.1, 0.15) is 0 Å². The number of nitrogens with zero attached hydrogens (tertiary/aromatic N) is 1. The monoisotopic (exact) mass is 590 g/mol. The van der Waals surface area contributed by atoms with Gasteiger partial charge in [0.15, 0.2) is 0 Å². The van der Waals surface area contributed by atoms with Crippen molar-refractivity contribution in [3.05, 3.63) is 162 Å². The van der Waals surface area contributed by atoms with E-state index in [9.17, 15) is 0 Å². The summed E-state index contributed by atoms with van der Waals surface area (Å²) in [5.74, 6) is 0. The van der Waals surface area contributed by atoms with Gasteiger partial charge in [-0.15, -0.1) is 0 Å². The van der Waals surface area contributed by atoms with E-state index in [0.29, 0.717) is 0 Å². The molecule has 0 aliphatic heterocycles. The van der Waals surface area contributed by atoms with E-state index in [0.717, 1.165) is 15.8 Å². The lowest BCUT2D eigenvalue weighted by molar-refractivity contribution is 1.13. The molecule has 7 aromatic rings. The van der Waals surface area contributed by atoms with Gasteiger partial charge in [0.05, 0.1) is 5.52 Å². The second-order valence-corrected chi connectivity index (χ2v) is 11.0. The molecule has 0 radical (unpaired) electrons. The van der Waals surface area contributed by atoms with Crippen molar-refractivity contribution in [1.82, 2.24) is 4.57 Å². The molecule has 0 saturated heterocycles. The minimum Gasteiger partial charge on any atom is -0.355 e. The molecule has 0 atom stereocenters. The molecule has 1 heterocycles. The van der Waals surface area contributed by atoms with Gasteiger partial charge in [0.25, 0.3) is 0 Å². The summed E-state index contributed by atoms with van der Waals surface area (Å²) in [4.78, 5) is 0. The highest BCUT2D eigenvalue weighted by atomic mass is 79.9. The Morgan fingerprint density at radius 3 is 1.78 bits per heavy atom. The summed E-state index contributed by atoms with van der Waals surface area (Å²) >= 11 is 3.52. The average Bonchev–Trinajstić information content (AvgIpc) is 3.47. The number of fused-ring (bicyclic) bond motifs is 1. The SMILES string of the molecule is Brc1ccc(-c2ccc(Nc3ccccc3-c3ccc(-c4cccc5c4ccn5-c4ccccc4)cc3)cc2)cc1. The number of rotatable bonds is 6. The molecule has 0 bridgehead atoms. The Kier molecular flexibility index (Phi) is 6.72. The van der Waals surface area contributed by atoms with E-state index in [2.05, 4.69) is 184 Å². The summed E-state index contributed by atoms with van der Waals surface area (Å²) in [6, 6.07) is 53.6. The molecule has 0 amide bonds. The minimum atomic E-state index is 1.06. The largest absolute Gasteiger partial charge is 0.355 e. The maximum atomic E-state index is 3.64. The van der Waals surface area contributed by atoms with Crippen LogP contribution in [0.5, 0.6) is 0 Å². The van der Waals surface area contributed by atoms with E-state index in [-0.39, 0.29) is 0 Å². The fourth-order valence-corrected chi connectivity index (χ4v) is 5.71. The molecule has 2 nitrogen and oxygen atoms in total. The van der Waals surface area contributed by atoms with Crippen LogP contribution in [-0.4, -0.2) is 4.57 Å². The summed E-state index contributed by atoms with van der Waals surface area (Å²) in [6.07, 6.45) is 2.16. The molecule has 41 heavy (non-hydrogen) atoms. The van der Waals surface area contributed by atoms with E-state index in [1.165, 1.54) is 50.0 Å². The highest BCUT2D eigenvalue weighted by Crippen LogP contribution is 2.35. The van der Waals surface area contributed by atoms with E-state index >= 15 is 0 Å². The smallest absolute Gasteiger partial charge is 0.0534 e. The highest BCUT2D eigenvalue weighted by molar-refractivity contribution is 9.10. The minimum absolute atomic E-state index is 1.06. The van der Waals surface area contributed by atoms with Gasteiger partial charge in [0, 0.05) is 38.7 Å². The molecule has 1 N–H and O–H groups in total. The summed E-state index contributed by atoms with van der Waals surface area (Å²) in [5.41, 5.74) is 11.7. The summed E-state index contributed by atoms with van der Waals surface area (Å²) < 4.78 is 3.34. The number of anilines is 2. The third-order valence-corrected chi connectivity index (χ3v) is 8.07. The van der Waals surface area contributed by atoms with Gasteiger partial charge in [-0.3, -0.25) is 0 Å². The van der Waals surface area contributed by atoms with Crippen LogP contribution in [-0.2, 0) is 0 Å². The first-order chi connectivity index (χ1) is 20.2. The predicted molar refractivity (Wildman–Crippen MR) is 177 cm³/mol. The maximum absolute atomic E-state index is 3.64. The molecular weight excluding hydrogens is 564 g/mol. The molecule has 196 valence electrons. The van der Waals surface area contributed by atoms with Crippen LogP contribution in [0.25, 0.3) is 50.0 Å². The van der Waals surface area contributed by atoms with Gasteiger partial charge in [-0.2, -0.15) is 0 Å². The van der Waals surface area contributed by atoms with Crippen LogP contribution in [0.3, 0.4) is 0 Å². The zero-order valence-electron chi connectivity index (χ0n) is 22.3. The zero-order valence-corrected chi connectivity index (χ0v) is 23.9. The Morgan fingerprint density at radius 1 is 0.463 bits per heavy atom. The van der Waals surface area contributed by atoms with Crippen molar-refractivity contribution < 1.29 is 0 Å². The highest BCUT2D eigenvalue weighted by Gasteiger charge is 2.10. The molecule has 6 aromatic carbocycles. The second-order valence-electron chi connectivity index (χ2n) is 10.1. The number of hydrogen-bond acceptors (Lipinski definition) is 1. The van der Waals surface area contributed by atoms with Crippen molar-refractivity contribution in [3.63, 3.8) is 0 Å². The Balaban J connectivity index is 1.16. The molecule has 3 heteroatoms. The third-order valence-electron chi connectivity index (χ3n) is 7.54. The van der Waals surface area contributed by atoms with E-state index < -0.39 is 0 Å². The van der Waals surface area contributed by atoms with Crippen molar-refractivity contribution in [2.24, 2.45) is 0 Å². The normalized spacial score (nSPS) is 11.0. The molecular formula is C38H27BrN2. The van der Waals surface area contributed by atoms with Crippen LogP contribution in [0.2, 0.25) is 0 Å². The van der Waals surface area contributed by atoms with Crippen LogP contribution in [0.4, 0.5) is 11.4 Å². The van der Waals surface area contributed by atoms with Crippen LogP contribution < -0.4 is 5.32 Å².